The number of hydrogen-bond donors (Lipinski definition) is 2. The van der Waals surface area contributed by atoms with Crippen LogP contribution in [0.2, 0.25) is 0 Å². The molecular formula is C10H11F4NO. The molecule has 0 heterocycles. The molecule has 0 aromatic heterocycles. The molecule has 1 rings (SSSR count). The van der Waals surface area contributed by atoms with Gasteiger partial charge < -0.3 is 10.4 Å². The molecule has 0 saturated heterocycles. The van der Waals surface area contributed by atoms with E-state index in [1.807, 2.05) is 0 Å². The Morgan fingerprint density at radius 2 is 2.00 bits per heavy atom. The molecule has 0 fully saturated rings. The average Bonchev–Trinajstić information content (AvgIpc) is 2.16. The highest BCUT2D eigenvalue weighted by Crippen LogP contribution is 2.32. The van der Waals surface area contributed by atoms with Crippen LogP contribution in [0.5, 0.6) is 0 Å². The van der Waals surface area contributed by atoms with Crippen LogP contribution < -0.4 is 5.32 Å². The van der Waals surface area contributed by atoms with Crippen LogP contribution in [0.3, 0.4) is 0 Å². The zero-order valence-corrected chi connectivity index (χ0v) is 8.48. The molecule has 2 nitrogen and oxygen atoms in total. The van der Waals surface area contributed by atoms with Crippen LogP contribution in [0.1, 0.15) is 17.2 Å². The molecule has 0 amide bonds. The number of benzene rings is 1. The number of alkyl halides is 3. The predicted octanol–water partition coefficient (Wildman–Crippen LogP) is 2.10. The summed E-state index contributed by atoms with van der Waals surface area (Å²) in [5, 5.41) is 12.1. The largest absolute Gasteiger partial charge is 0.419 e. The monoisotopic (exact) mass is 237 g/mol. The standard InChI is InChI=1S/C10H11F4NO/c1-15-5-9(16)6-2-3-7(8(11)4-6)10(12,13)14/h2-4,9,15-16H,5H2,1H3. The van der Waals surface area contributed by atoms with Crippen molar-refractivity contribution >= 4 is 0 Å². The third-order valence-electron chi connectivity index (χ3n) is 2.08. The lowest BCUT2D eigenvalue weighted by Crippen LogP contribution is -2.17. The fourth-order valence-corrected chi connectivity index (χ4v) is 1.28. The van der Waals surface area contributed by atoms with E-state index in [1.165, 1.54) is 0 Å². The Balaban J connectivity index is 3.00. The molecule has 0 aliphatic rings. The van der Waals surface area contributed by atoms with E-state index >= 15 is 0 Å². The molecule has 0 spiro atoms. The zero-order valence-electron chi connectivity index (χ0n) is 8.48. The van der Waals surface area contributed by atoms with Gasteiger partial charge in [0.25, 0.3) is 0 Å². The van der Waals surface area contributed by atoms with Crippen molar-refractivity contribution in [2.24, 2.45) is 0 Å². The van der Waals surface area contributed by atoms with Crippen molar-refractivity contribution in [3.63, 3.8) is 0 Å². The smallest absolute Gasteiger partial charge is 0.387 e. The summed E-state index contributed by atoms with van der Waals surface area (Å²) in [5.74, 6) is -1.37. The number of nitrogens with one attached hydrogen (secondary N) is 1. The summed E-state index contributed by atoms with van der Waals surface area (Å²) in [6.07, 6.45) is -5.74. The lowest BCUT2D eigenvalue weighted by atomic mass is 10.1. The Morgan fingerprint density at radius 1 is 1.38 bits per heavy atom. The van der Waals surface area contributed by atoms with Gasteiger partial charge >= 0.3 is 6.18 Å². The minimum absolute atomic E-state index is 0.111. The first-order valence-corrected chi connectivity index (χ1v) is 4.55. The SMILES string of the molecule is CNCC(O)c1ccc(C(F)(F)F)c(F)c1. The highest BCUT2D eigenvalue weighted by atomic mass is 19.4. The van der Waals surface area contributed by atoms with Gasteiger partial charge in [0, 0.05) is 6.54 Å². The number of aliphatic hydroxyl groups is 1. The third kappa shape index (κ3) is 2.93. The molecule has 0 bridgehead atoms. The average molecular weight is 237 g/mol. The number of halogens is 4. The molecule has 0 aliphatic carbocycles. The van der Waals surface area contributed by atoms with Crippen LogP contribution in [-0.2, 0) is 6.18 Å². The van der Waals surface area contributed by atoms with Crippen LogP contribution >= 0.6 is 0 Å². The summed E-state index contributed by atoms with van der Waals surface area (Å²) in [6, 6.07) is 2.39. The van der Waals surface area contributed by atoms with Gasteiger partial charge in [-0.2, -0.15) is 13.2 Å². The van der Waals surface area contributed by atoms with Crippen LogP contribution in [0, 0.1) is 5.82 Å². The molecule has 2 N–H and O–H groups in total. The van der Waals surface area contributed by atoms with Crippen LogP contribution in [0.15, 0.2) is 18.2 Å². The summed E-state index contributed by atoms with van der Waals surface area (Å²) in [5.41, 5.74) is -1.22. The maximum absolute atomic E-state index is 13.1. The molecular weight excluding hydrogens is 226 g/mol. The fraction of sp³-hybridized carbons (Fsp3) is 0.400. The second-order valence-corrected chi connectivity index (χ2v) is 3.31. The van der Waals surface area contributed by atoms with E-state index in [9.17, 15) is 22.7 Å². The zero-order chi connectivity index (χ0) is 12.3. The van der Waals surface area contributed by atoms with Crippen molar-refractivity contribution in [2.75, 3.05) is 13.6 Å². The minimum atomic E-state index is -4.71. The quantitative estimate of drug-likeness (QED) is 0.789. The first-order chi connectivity index (χ1) is 7.36. The molecule has 0 aliphatic heterocycles. The third-order valence-corrected chi connectivity index (χ3v) is 2.08. The topological polar surface area (TPSA) is 32.3 Å². The van der Waals surface area contributed by atoms with Crippen LogP contribution in [0.4, 0.5) is 17.6 Å². The summed E-state index contributed by atoms with van der Waals surface area (Å²) >= 11 is 0. The molecule has 90 valence electrons. The van der Waals surface area contributed by atoms with E-state index in [4.69, 9.17) is 0 Å². The van der Waals surface area contributed by atoms with Gasteiger partial charge in [0.05, 0.1) is 11.7 Å². The van der Waals surface area contributed by atoms with Crippen LogP contribution in [0.25, 0.3) is 0 Å². The Labute approximate surface area is 89.9 Å². The predicted molar refractivity (Wildman–Crippen MR) is 50.3 cm³/mol. The van der Waals surface area contributed by atoms with Crippen molar-refractivity contribution in [3.8, 4) is 0 Å². The van der Waals surface area contributed by atoms with Gasteiger partial charge in [-0.15, -0.1) is 0 Å². The van der Waals surface area contributed by atoms with Crippen molar-refractivity contribution in [1.29, 1.82) is 0 Å². The second kappa shape index (κ2) is 4.80. The molecule has 16 heavy (non-hydrogen) atoms. The normalized spacial score (nSPS) is 13.9. The van der Waals surface area contributed by atoms with Gasteiger partial charge in [0.15, 0.2) is 0 Å². The van der Waals surface area contributed by atoms with Crippen molar-refractivity contribution in [2.45, 2.75) is 12.3 Å². The molecule has 1 atom stereocenters. The van der Waals surface area contributed by atoms with E-state index in [0.29, 0.717) is 12.1 Å². The molecule has 0 saturated carbocycles. The maximum Gasteiger partial charge on any atom is 0.419 e. The van der Waals surface area contributed by atoms with Gasteiger partial charge in [-0.05, 0) is 24.7 Å². The van der Waals surface area contributed by atoms with Crippen molar-refractivity contribution in [1.82, 2.24) is 5.32 Å². The Morgan fingerprint density at radius 3 is 2.44 bits per heavy atom. The number of likely N-dealkylation sites (N-methyl/N-ethyl adjacent to an activating group) is 1. The maximum atomic E-state index is 13.1. The summed E-state index contributed by atoms with van der Waals surface area (Å²) in [7, 11) is 1.57. The van der Waals surface area contributed by atoms with E-state index in [2.05, 4.69) is 5.32 Å². The summed E-state index contributed by atoms with van der Waals surface area (Å²) in [6.45, 7) is 0.144. The Kier molecular flexibility index (Phi) is 3.88. The van der Waals surface area contributed by atoms with Crippen LogP contribution in [-0.4, -0.2) is 18.7 Å². The molecule has 1 unspecified atom stereocenters. The minimum Gasteiger partial charge on any atom is -0.387 e. The number of rotatable bonds is 3. The first-order valence-electron chi connectivity index (χ1n) is 4.55. The van der Waals surface area contributed by atoms with Gasteiger partial charge in [0.1, 0.15) is 5.82 Å². The van der Waals surface area contributed by atoms with Crippen molar-refractivity contribution < 1.29 is 22.7 Å². The first kappa shape index (κ1) is 12.9. The second-order valence-electron chi connectivity index (χ2n) is 3.31. The van der Waals surface area contributed by atoms with Gasteiger partial charge in [-0.3, -0.25) is 0 Å². The highest BCUT2D eigenvalue weighted by Gasteiger charge is 2.34. The molecule has 1 aromatic rings. The van der Waals surface area contributed by atoms with Gasteiger partial charge in [-0.25, -0.2) is 4.39 Å². The lowest BCUT2D eigenvalue weighted by molar-refractivity contribution is -0.140. The van der Waals surface area contributed by atoms with Gasteiger partial charge in [0.2, 0.25) is 0 Å². The van der Waals surface area contributed by atoms with E-state index in [-0.39, 0.29) is 12.1 Å². The molecule has 6 heteroatoms. The summed E-state index contributed by atoms with van der Waals surface area (Å²) < 4.78 is 49.7. The number of aliphatic hydroxyl groups excluding tert-OH is 1. The van der Waals surface area contributed by atoms with Gasteiger partial charge in [-0.1, -0.05) is 6.07 Å². The van der Waals surface area contributed by atoms with E-state index in [0.717, 1.165) is 6.07 Å². The Hall–Kier alpha value is -1.14. The van der Waals surface area contributed by atoms with E-state index < -0.39 is 23.7 Å². The summed E-state index contributed by atoms with van der Waals surface area (Å²) in [4.78, 5) is 0. The fourth-order valence-electron chi connectivity index (χ4n) is 1.28. The van der Waals surface area contributed by atoms with E-state index in [1.54, 1.807) is 7.05 Å². The Bertz CT molecular complexity index is 364. The van der Waals surface area contributed by atoms with Crippen molar-refractivity contribution in [3.05, 3.63) is 35.1 Å². The lowest BCUT2D eigenvalue weighted by Gasteiger charge is -2.13. The molecule has 1 aromatic carbocycles. The molecule has 0 radical (unpaired) electrons. The highest BCUT2D eigenvalue weighted by molar-refractivity contribution is 5.28. The number of hydrogen-bond acceptors (Lipinski definition) is 2.